The van der Waals surface area contributed by atoms with Crippen LogP contribution in [0.15, 0.2) is 11.6 Å². The van der Waals surface area contributed by atoms with Gasteiger partial charge < -0.3 is 5.32 Å². The van der Waals surface area contributed by atoms with Gasteiger partial charge in [-0.1, -0.05) is 54.5 Å². The fourth-order valence-corrected chi connectivity index (χ4v) is 11.2. The molecule has 0 bridgehead atoms. The van der Waals surface area contributed by atoms with E-state index in [0.29, 0.717) is 13.0 Å². The summed E-state index contributed by atoms with van der Waals surface area (Å²) in [5.41, 5.74) is -1.64. The fraction of sp³-hybridized carbons (Fsp3) is 0.848. The Bertz CT molecular complexity index is 1180. The van der Waals surface area contributed by atoms with Crippen LogP contribution in [0.25, 0.3) is 0 Å². The van der Waals surface area contributed by atoms with Gasteiger partial charge in [0, 0.05) is 24.3 Å². The number of carbonyl (C=O) groups excluding carboxylic acids is 2. The average molecular weight is 561 g/mol. The molecule has 0 aromatic heterocycles. The van der Waals surface area contributed by atoms with Crippen molar-refractivity contribution >= 4 is 11.6 Å². The molecule has 0 aromatic carbocycles. The van der Waals surface area contributed by atoms with E-state index in [0.717, 1.165) is 44.9 Å². The van der Waals surface area contributed by atoms with Gasteiger partial charge in [0.2, 0.25) is 0 Å². The molecule has 4 fully saturated rings. The van der Waals surface area contributed by atoms with Crippen molar-refractivity contribution in [1.82, 2.24) is 5.32 Å². The Labute approximate surface area is 237 Å². The summed E-state index contributed by atoms with van der Waals surface area (Å²) in [4.78, 5) is 27.8. The minimum atomic E-state index is -4.26. The summed E-state index contributed by atoms with van der Waals surface area (Å²) in [7, 11) is 0. The third-order valence-corrected chi connectivity index (χ3v) is 13.4. The van der Waals surface area contributed by atoms with Crippen LogP contribution in [0.5, 0.6) is 0 Å². The van der Waals surface area contributed by atoms with Crippen LogP contribution in [0.2, 0.25) is 0 Å². The van der Waals surface area contributed by atoms with Crippen molar-refractivity contribution in [2.75, 3.05) is 13.1 Å². The van der Waals surface area contributed by atoms with E-state index < -0.39 is 23.6 Å². The molecule has 0 spiro atoms. The van der Waals surface area contributed by atoms with Gasteiger partial charge in [-0.25, -0.2) is 0 Å². The Hall–Kier alpha value is -1.68. The Balaban J connectivity index is 1.57. The number of ketones is 2. The lowest BCUT2D eigenvalue weighted by Crippen LogP contribution is -2.69. The normalized spacial score (nSPS) is 45.8. The smallest absolute Gasteiger partial charge is 0.308 e. The third kappa shape index (κ3) is 4.08. The number of alkyl halides is 3. The van der Waals surface area contributed by atoms with E-state index in [1.807, 2.05) is 19.9 Å². The molecule has 0 saturated heterocycles. The molecule has 0 aliphatic heterocycles. The van der Waals surface area contributed by atoms with Crippen LogP contribution < -0.4 is 5.32 Å². The first-order chi connectivity index (χ1) is 18.3. The van der Waals surface area contributed by atoms with Crippen molar-refractivity contribution in [3.63, 3.8) is 0 Å². The van der Waals surface area contributed by atoms with E-state index in [4.69, 9.17) is 0 Å². The highest BCUT2D eigenvalue weighted by Gasteiger charge is 2.72. The van der Waals surface area contributed by atoms with Gasteiger partial charge in [-0.15, -0.1) is 0 Å². The summed E-state index contributed by atoms with van der Waals surface area (Å²) >= 11 is 0. The summed E-state index contributed by atoms with van der Waals surface area (Å²) in [6, 6.07) is 2.17. The molecule has 8 atom stereocenters. The van der Waals surface area contributed by atoms with E-state index in [1.54, 1.807) is 0 Å². The van der Waals surface area contributed by atoms with Crippen molar-refractivity contribution in [3.8, 4) is 6.07 Å². The van der Waals surface area contributed by atoms with Crippen LogP contribution in [0.3, 0.4) is 0 Å². The zero-order chi connectivity index (χ0) is 29.7. The molecule has 1 N–H and O–H groups in total. The van der Waals surface area contributed by atoms with Gasteiger partial charge in [-0.05, 0) is 89.8 Å². The number of nitrogens with zero attached hydrogens (tertiary/aromatic N) is 1. The molecule has 0 amide bonds. The predicted molar refractivity (Wildman–Crippen MR) is 148 cm³/mol. The maximum atomic E-state index is 14.5. The molecule has 5 aliphatic carbocycles. The Morgan fingerprint density at radius 2 is 1.60 bits per heavy atom. The van der Waals surface area contributed by atoms with Gasteiger partial charge in [0.05, 0.1) is 12.1 Å². The monoisotopic (exact) mass is 560 g/mol. The van der Waals surface area contributed by atoms with Crippen molar-refractivity contribution in [3.05, 3.63) is 11.6 Å². The molecule has 40 heavy (non-hydrogen) atoms. The number of halogens is 3. The van der Waals surface area contributed by atoms with E-state index >= 15 is 0 Å². The predicted octanol–water partition coefficient (Wildman–Crippen LogP) is 7.44. The van der Waals surface area contributed by atoms with Crippen LogP contribution in [0.1, 0.15) is 99.8 Å². The zero-order valence-corrected chi connectivity index (χ0v) is 25.4. The van der Waals surface area contributed by atoms with E-state index in [9.17, 15) is 28.0 Å². The van der Waals surface area contributed by atoms with Gasteiger partial charge >= 0.3 is 6.18 Å². The topological polar surface area (TPSA) is 70.0 Å². The molecule has 222 valence electrons. The number of carbonyl (C=O) groups is 2. The average Bonchev–Trinajstić information content (AvgIpc) is 2.82. The lowest BCUT2D eigenvalue weighted by Gasteiger charge is -2.72. The first-order valence-electron chi connectivity index (χ1n) is 15.2. The number of nitrogens with one attached hydrogen (secondary N) is 1. The van der Waals surface area contributed by atoms with E-state index in [1.165, 1.54) is 0 Å². The first kappa shape index (κ1) is 29.8. The summed E-state index contributed by atoms with van der Waals surface area (Å²) < 4.78 is 39.4. The molecule has 0 aromatic rings. The number of rotatable bonds is 3. The van der Waals surface area contributed by atoms with Crippen LogP contribution in [-0.2, 0) is 9.59 Å². The third-order valence-electron chi connectivity index (χ3n) is 13.4. The number of hydrogen-bond acceptors (Lipinski definition) is 4. The maximum absolute atomic E-state index is 14.5. The molecule has 5 rings (SSSR count). The SMILES string of the molecule is CC1(C)CC[C@]2(CNCC(F)(F)F)CC[C@]3(C)[C@H](C(=O)C[C@@H]4[C@@]5(C)C=C(C#N)C(=O)C(C)(C)[C@@H]5CC[C@]43C)[C@@H]2C1. The van der Waals surface area contributed by atoms with Gasteiger partial charge in [0.15, 0.2) is 5.78 Å². The highest BCUT2D eigenvalue weighted by molar-refractivity contribution is 6.04. The molecule has 4 nitrogen and oxygen atoms in total. The summed E-state index contributed by atoms with van der Waals surface area (Å²) in [6.45, 7) is 14.6. The van der Waals surface area contributed by atoms with Crippen LogP contribution in [0, 0.1) is 67.5 Å². The fourth-order valence-electron chi connectivity index (χ4n) is 11.2. The quantitative estimate of drug-likeness (QED) is 0.390. The van der Waals surface area contributed by atoms with Gasteiger partial charge in [0.25, 0.3) is 0 Å². The lowest BCUT2D eigenvalue weighted by molar-refractivity contribution is -0.222. The highest BCUT2D eigenvalue weighted by atomic mass is 19.4. The molecule has 4 saturated carbocycles. The standard InChI is InChI=1S/C33H47F3N2O2/c1-27(2)10-12-32(18-38-19-33(34,35)36)13-11-31(7)25(21(32)16-27)22(39)14-24-29(5)15-20(17-37)26(40)28(3,4)23(29)8-9-30(24,31)6/h15,21,23-25,38H,8-14,16,18-19H2,1-7H3/t21-,23-,24+,25-,29-,30+,31+,32+/m0/s1. The molecular formula is C33H47F3N2O2. The molecule has 5 aliphatic rings. The number of nitriles is 1. The zero-order valence-electron chi connectivity index (χ0n) is 25.4. The number of hydrogen-bond donors (Lipinski definition) is 1. The molecule has 0 unspecified atom stereocenters. The molecule has 0 heterocycles. The molecule has 7 heteroatoms. The second kappa shape index (κ2) is 8.91. The van der Waals surface area contributed by atoms with Crippen LogP contribution in [-0.4, -0.2) is 30.8 Å². The highest BCUT2D eigenvalue weighted by Crippen LogP contribution is 2.75. The Morgan fingerprint density at radius 1 is 0.950 bits per heavy atom. The maximum Gasteiger partial charge on any atom is 0.401 e. The molecular weight excluding hydrogens is 513 g/mol. The molecule has 0 radical (unpaired) electrons. The largest absolute Gasteiger partial charge is 0.401 e. The summed E-state index contributed by atoms with van der Waals surface area (Å²) in [5, 5.41) is 12.7. The first-order valence-corrected chi connectivity index (χ1v) is 15.2. The summed E-state index contributed by atoms with van der Waals surface area (Å²) in [5.74, 6) is 0.0736. The Morgan fingerprint density at radius 3 is 2.23 bits per heavy atom. The second-order valence-electron chi connectivity index (χ2n) is 16.3. The van der Waals surface area contributed by atoms with Crippen molar-refractivity contribution in [1.29, 1.82) is 5.26 Å². The van der Waals surface area contributed by atoms with Crippen LogP contribution >= 0.6 is 0 Å². The number of fused-ring (bicyclic) bond motifs is 7. The van der Waals surface area contributed by atoms with Crippen molar-refractivity contribution in [2.45, 2.75) is 106 Å². The number of allylic oxidation sites excluding steroid dienone is 2. The Kier molecular flexibility index (Phi) is 6.64. The minimum Gasteiger partial charge on any atom is -0.308 e. The van der Waals surface area contributed by atoms with Gasteiger partial charge in [-0.2, -0.15) is 18.4 Å². The van der Waals surface area contributed by atoms with E-state index in [-0.39, 0.29) is 62.5 Å². The lowest BCUT2D eigenvalue weighted by atomic mass is 9.31. The number of Topliss-reactive ketones (excluding diaryl/α,β-unsaturated/α-hetero) is 2. The van der Waals surface area contributed by atoms with E-state index in [2.05, 4.69) is 46.0 Å². The van der Waals surface area contributed by atoms with Crippen LogP contribution in [0.4, 0.5) is 13.2 Å². The van der Waals surface area contributed by atoms with Crippen molar-refractivity contribution in [2.24, 2.45) is 56.2 Å². The van der Waals surface area contributed by atoms with Gasteiger partial charge in [0.1, 0.15) is 11.9 Å². The second-order valence-corrected chi connectivity index (χ2v) is 16.3. The van der Waals surface area contributed by atoms with Gasteiger partial charge in [-0.3, -0.25) is 9.59 Å². The summed E-state index contributed by atoms with van der Waals surface area (Å²) in [6.07, 6.45) is 4.15. The minimum absolute atomic E-state index is 0.00989. The van der Waals surface area contributed by atoms with Crippen molar-refractivity contribution < 1.29 is 22.8 Å².